The molecule has 0 unspecified atom stereocenters. The molecule has 3 N–H and O–H groups in total. The first-order chi connectivity index (χ1) is 8.77. The maximum atomic E-state index is 11.7. The van der Waals surface area contributed by atoms with Gasteiger partial charge in [0.2, 0.25) is 0 Å². The van der Waals surface area contributed by atoms with Gasteiger partial charge in [0.15, 0.2) is 0 Å². The Hall–Kier alpha value is -2.69. The smallest absolute Gasteiger partial charge is 0.273 e. The number of hydrogen-bond acceptors (Lipinski definition) is 4. The summed E-state index contributed by atoms with van der Waals surface area (Å²) in [5, 5.41) is 3.84. The van der Waals surface area contributed by atoms with Crippen molar-refractivity contribution in [3.05, 3.63) is 59.9 Å². The Bertz CT molecular complexity index is 566. The number of rotatable bonds is 3. The molecule has 2 aromatic rings. The minimum Gasteiger partial charge on any atom is -0.398 e. The van der Waals surface area contributed by atoms with Gasteiger partial charge in [-0.15, -0.1) is 0 Å². The molecule has 0 spiro atoms. The number of carbonyl (C=O) groups excluding carboxylic acids is 1. The Kier molecular flexibility index (Phi) is 3.66. The number of anilines is 1. The van der Waals surface area contributed by atoms with Crippen LogP contribution in [0.3, 0.4) is 0 Å². The van der Waals surface area contributed by atoms with Gasteiger partial charge in [-0.05, 0) is 18.2 Å². The highest BCUT2D eigenvalue weighted by Gasteiger charge is 2.06. The molecule has 0 saturated carbocycles. The van der Waals surface area contributed by atoms with E-state index in [2.05, 4.69) is 15.5 Å². The van der Waals surface area contributed by atoms with Crippen molar-refractivity contribution in [2.45, 2.75) is 0 Å². The fourth-order valence-electron chi connectivity index (χ4n) is 1.38. The third-order valence-electron chi connectivity index (χ3n) is 2.27. The number of carbonyl (C=O) groups is 1. The summed E-state index contributed by atoms with van der Waals surface area (Å²) >= 11 is 0. The number of nitrogens with zero attached hydrogens (tertiary/aromatic N) is 2. The number of benzene rings is 1. The Morgan fingerprint density at radius 2 is 2.11 bits per heavy atom. The number of nitrogens with two attached hydrogens (primary N) is 1. The van der Waals surface area contributed by atoms with Gasteiger partial charge in [-0.2, -0.15) is 5.10 Å². The number of hydrazone groups is 1. The first-order valence-electron chi connectivity index (χ1n) is 5.35. The molecule has 2 rings (SSSR count). The molecule has 5 nitrogen and oxygen atoms in total. The molecule has 0 aliphatic rings. The second-order valence-electron chi connectivity index (χ2n) is 3.57. The van der Waals surface area contributed by atoms with Crippen molar-refractivity contribution in [3.63, 3.8) is 0 Å². The summed E-state index contributed by atoms with van der Waals surface area (Å²) in [6, 6.07) is 10.4. The lowest BCUT2D eigenvalue weighted by atomic mass is 10.2. The van der Waals surface area contributed by atoms with E-state index in [-0.39, 0.29) is 5.91 Å². The number of nitrogens with one attached hydrogen (secondary N) is 1. The van der Waals surface area contributed by atoms with Crippen LogP contribution in [0.1, 0.15) is 15.9 Å². The van der Waals surface area contributed by atoms with Gasteiger partial charge in [0.1, 0.15) is 0 Å². The monoisotopic (exact) mass is 240 g/mol. The van der Waals surface area contributed by atoms with Crippen LogP contribution in [-0.2, 0) is 0 Å². The summed E-state index contributed by atoms with van der Waals surface area (Å²) < 4.78 is 0. The summed E-state index contributed by atoms with van der Waals surface area (Å²) in [6.45, 7) is 0. The van der Waals surface area contributed by atoms with Crippen molar-refractivity contribution >= 4 is 17.8 Å². The summed E-state index contributed by atoms with van der Waals surface area (Å²) in [5.74, 6) is -0.340. The van der Waals surface area contributed by atoms with Gasteiger partial charge in [-0.25, -0.2) is 5.43 Å². The van der Waals surface area contributed by atoms with Crippen LogP contribution in [0.15, 0.2) is 53.9 Å². The average molecular weight is 240 g/mol. The van der Waals surface area contributed by atoms with Crippen molar-refractivity contribution in [1.29, 1.82) is 0 Å². The minimum absolute atomic E-state index is 0.340. The topological polar surface area (TPSA) is 80.4 Å². The maximum Gasteiger partial charge on any atom is 0.273 e. The lowest BCUT2D eigenvalue weighted by molar-refractivity contribution is 0.0956. The third-order valence-corrected chi connectivity index (χ3v) is 2.27. The van der Waals surface area contributed by atoms with Crippen LogP contribution in [0, 0.1) is 0 Å². The molecular weight excluding hydrogens is 228 g/mol. The molecule has 1 aromatic heterocycles. The van der Waals surface area contributed by atoms with E-state index in [1.807, 2.05) is 6.07 Å². The van der Waals surface area contributed by atoms with Crippen LogP contribution < -0.4 is 11.2 Å². The highest BCUT2D eigenvalue weighted by atomic mass is 16.2. The molecule has 1 aromatic carbocycles. The van der Waals surface area contributed by atoms with Gasteiger partial charge in [-0.3, -0.25) is 9.78 Å². The third kappa shape index (κ3) is 2.91. The minimum atomic E-state index is -0.340. The van der Waals surface area contributed by atoms with Crippen LogP contribution in [-0.4, -0.2) is 17.1 Å². The highest BCUT2D eigenvalue weighted by Crippen LogP contribution is 2.09. The van der Waals surface area contributed by atoms with Crippen molar-refractivity contribution in [2.24, 2.45) is 5.10 Å². The van der Waals surface area contributed by atoms with Crippen LogP contribution in [0.2, 0.25) is 0 Å². The van der Waals surface area contributed by atoms with E-state index < -0.39 is 0 Å². The van der Waals surface area contributed by atoms with Gasteiger partial charge in [0, 0.05) is 23.6 Å². The molecule has 0 aliphatic carbocycles. The van der Waals surface area contributed by atoms with E-state index in [9.17, 15) is 4.79 Å². The van der Waals surface area contributed by atoms with Crippen molar-refractivity contribution in [2.75, 3.05) is 5.73 Å². The quantitative estimate of drug-likeness (QED) is 0.484. The summed E-state index contributed by atoms with van der Waals surface area (Å²) in [4.78, 5) is 15.7. The molecule has 5 heteroatoms. The van der Waals surface area contributed by atoms with E-state index in [4.69, 9.17) is 5.73 Å². The zero-order valence-corrected chi connectivity index (χ0v) is 9.58. The Morgan fingerprint density at radius 1 is 1.28 bits per heavy atom. The molecule has 0 bridgehead atoms. The van der Waals surface area contributed by atoms with Crippen LogP contribution >= 0.6 is 0 Å². The lowest BCUT2D eigenvalue weighted by Gasteiger charge is -2.02. The second-order valence-corrected chi connectivity index (χ2v) is 3.57. The molecule has 18 heavy (non-hydrogen) atoms. The number of nitrogen functional groups attached to an aromatic ring is 1. The van der Waals surface area contributed by atoms with Gasteiger partial charge < -0.3 is 5.73 Å². The van der Waals surface area contributed by atoms with Crippen molar-refractivity contribution in [1.82, 2.24) is 10.4 Å². The summed E-state index contributed by atoms with van der Waals surface area (Å²) in [6.07, 6.45) is 4.83. The predicted molar refractivity (Wildman–Crippen MR) is 70.2 cm³/mol. The van der Waals surface area contributed by atoms with E-state index in [0.717, 1.165) is 5.56 Å². The van der Waals surface area contributed by atoms with Gasteiger partial charge in [0.25, 0.3) is 5.91 Å². The molecule has 90 valence electrons. The van der Waals surface area contributed by atoms with Crippen LogP contribution in [0.5, 0.6) is 0 Å². The largest absolute Gasteiger partial charge is 0.398 e. The predicted octanol–water partition coefficient (Wildman–Crippen LogP) is 1.43. The normalized spacial score (nSPS) is 10.4. The lowest BCUT2D eigenvalue weighted by Crippen LogP contribution is -2.18. The maximum absolute atomic E-state index is 11.7. The molecule has 0 fully saturated rings. The highest BCUT2D eigenvalue weighted by molar-refractivity contribution is 5.99. The zero-order chi connectivity index (χ0) is 12.8. The first kappa shape index (κ1) is 11.8. The Labute approximate surface area is 104 Å². The van der Waals surface area contributed by atoms with E-state index in [1.54, 1.807) is 42.7 Å². The fraction of sp³-hybridized carbons (Fsp3) is 0. The van der Waals surface area contributed by atoms with E-state index >= 15 is 0 Å². The number of aromatic nitrogens is 1. The number of amides is 1. The van der Waals surface area contributed by atoms with E-state index in [0.29, 0.717) is 11.3 Å². The van der Waals surface area contributed by atoms with Gasteiger partial charge >= 0.3 is 0 Å². The molecular formula is C13H12N4O. The molecule has 0 atom stereocenters. The number of hydrogen-bond donors (Lipinski definition) is 2. The standard InChI is InChI=1S/C13H12N4O/c14-12-6-2-1-5-11(12)13(18)17-16-9-10-4-3-7-15-8-10/h1-9H,14H2,(H,17,18)/b16-9-. The molecule has 0 saturated heterocycles. The molecule has 0 aliphatic heterocycles. The Morgan fingerprint density at radius 3 is 2.83 bits per heavy atom. The van der Waals surface area contributed by atoms with Gasteiger partial charge in [0.05, 0.1) is 11.8 Å². The Balaban J connectivity index is 2.01. The molecule has 0 radical (unpaired) electrons. The molecule has 1 heterocycles. The van der Waals surface area contributed by atoms with Crippen LogP contribution in [0.25, 0.3) is 0 Å². The van der Waals surface area contributed by atoms with Crippen molar-refractivity contribution < 1.29 is 4.79 Å². The second kappa shape index (κ2) is 5.58. The summed E-state index contributed by atoms with van der Waals surface area (Å²) in [7, 11) is 0. The fourth-order valence-corrected chi connectivity index (χ4v) is 1.38. The van der Waals surface area contributed by atoms with Crippen molar-refractivity contribution in [3.8, 4) is 0 Å². The number of pyridine rings is 1. The first-order valence-corrected chi connectivity index (χ1v) is 5.35. The number of para-hydroxylation sites is 1. The average Bonchev–Trinajstić information content (AvgIpc) is 2.40. The SMILES string of the molecule is Nc1ccccc1C(=O)N/N=C\c1cccnc1. The van der Waals surface area contributed by atoms with Crippen LogP contribution in [0.4, 0.5) is 5.69 Å². The molecule has 1 amide bonds. The van der Waals surface area contributed by atoms with E-state index in [1.165, 1.54) is 6.21 Å². The zero-order valence-electron chi connectivity index (χ0n) is 9.58. The summed E-state index contributed by atoms with van der Waals surface area (Å²) in [5.41, 5.74) is 9.72. The van der Waals surface area contributed by atoms with Gasteiger partial charge in [-0.1, -0.05) is 18.2 Å².